The van der Waals surface area contributed by atoms with Gasteiger partial charge in [-0.1, -0.05) is 22.4 Å². The van der Waals surface area contributed by atoms with Crippen LogP contribution in [0.2, 0.25) is 0 Å². The fraction of sp³-hybridized carbons (Fsp3) is 0.667. The molecule has 1 radical (unpaired) electrons. The van der Waals surface area contributed by atoms with Crippen molar-refractivity contribution in [2.45, 2.75) is 20.8 Å². The topological polar surface area (TPSA) is 46.6 Å². The van der Waals surface area contributed by atoms with Crippen molar-refractivity contribution in [1.29, 1.82) is 0 Å². The Morgan fingerprint density at radius 2 is 2.00 bits per heavy atom. The summed E-state index contributed by atoms with van der Waals surface area (Å²) in [6.45, 7) is 7.22. The van der Waals surface area contributed by atoms with Gasteiger partial charge in [0.05, 0.1) is 5.33 Å². The van der Waals surface area contributed by atoms with Crippen LogP contribution < -0.4 is 0 Å². The quantitative estimate of drug-likeness (QED) is 0.567. The number of ether oxygens (including phenoxy) is 1. The fourth-order valence-corrected chi connectivity index (χ4v) is 0.774. The van der Waals surface area contributed by atoms with Crippen molar-refractivity contribution in [1.82, 2.24) is 4.90 Å². The predicted octanol–water partition coefficient (Wildman–Crippen LogP) is 1.50. The molecule has 0 unspecified atom stereocenters. The first-order valence-corrected chi connectivity index (χ1v) is 5.24. The average Bonchev–Trinajstić information content (AvgIpc) is 2.17. The number of rotatable bonds is 4. The molecule has 1 amide bonds. The van der Waals surface area contributed by atoms with Crippen LogP contribution in [0.15, 0.2) is 0 Å². The monoisotopic (exact) mass is 354 g/mol. The van der Waals surface area contributed by atoms with E-state index in [1.165, 1.54) is 6.47 Å². The normalized spacial score (nSPS) is 8.13. The van der Waals surface area contributed by atoms with E-state index in [1.807, 2.05) is 13.8 Å². The molecule has 0 bridgehead atoms. The van der Waals surface area contributed by atoms with E-state index in [9.17, 15) is 4.79 Å². The maximum atomic E-state index is 10.8. The summed E-state index contributed by atoms with van der Waals surface area (Å²) in [5, 5.41) is 0.397. The van der Waals surface area contributed by atoms with Gasteiger partial charge in [0.25, 0.3) is 0 Å². The van der Waals surface area contributed by atoms with Crippen LogP contribution in [-0.2, 0) is 47.0 Å². The number of carbonyl (C=O) groups is 1. The minimum absolute atomic E-state index is 0. The molecule has 0 saturated heterocycles. The molecule has 0 saturated carbocycles. The van der Waals surface area contributed by atoms with Crippen LogP contribution in [0.3, 0.4) is 0 Å². The van der Waals surface area contributed by atoms with Gasteiger partial charge in [-0.3, -0.25) is 4.79 Å². The van der Waals surface area contributed by atoms with Gasteiger partial charge < -0.3 is 14.4 Å². The number of hydrogen-bond donors (Lipinski definition) is 0. The zero-order valence-electron chi connectivity index (χ0n) is 9.54. The maximum absolute atomic E-state index is 10.8. The SMILES string of the molecule is CCO[C-]=O.C[C-](C)N(C)C(=O)CBr.[Y]. The van der Waals surface area contributed by atoms with Crippen molar-refractivity contribution in [3.05, 3.63) is 6.04 Å². The maximum Gasteiger partial charge on any atom is 0.204 e. The number of nitrogens with zero attached hydrogens (tertiary/aromatic N) is 1. The van der Waals surface area contributed by atoms with Gasteiger partial charge in [-0.15, -0.1) is 0 Å². The summed E-state index contributed by atoms with van der Waals surface area (Å²) >= 11 is 3.08. The van der Waals surface area contributed by atoms with E-state index in [4.69, 9.17) is 4.79 Å². The molecule has 0 heterocycles. The number of halogens is 1. The number of amides is 1. The minimum Gasteiger partial charge on any atom is -0.653 e. The molecule has 0 aromatic rings. The second-order valence-electron chi connectivity index (χ2n) is 2.55. The molecule has 0 aromatic heterocycles. The molecule has 0 aliphatic rings. The van der Waals surface area contributed by atoms with Gasteiger partial charge in [0.2, 0.25) is 5.91 Å². The van der Waals surface area contributed by atoms with Crippen LogP contribution in [0.5, 0.6) is 0 Å². The summed E-state index contributed by atoms with van der Waals surface area (Å²) < 4.78 is 4.03. The smallest absolute Gasteiger partial charge is 0.204 e. The molecular formula is C9H16BrNO3Y-2. The van der Waals surface area contributed by atoms with Crippen LogP contribution in [0.1, 0.15) is 20.8 Å². The third-order valence-electron chi connectivity index (χ3n) is 1.36. The molecule has 15 heavy (non-hydrogen) atoms. The van der Waals surface area contributed by atoms with Gasteiger partial charge in [-0.05, 0) is 14.0 Å². The first-order chi connectivity index (χ1) is 6.51. The molecule has 4 nitrogen and oxygen atoms in total. The molecule has 0 aliphatic carbocycles. The summed E-state index contributed by atoms with van der Waals surface area (Å²) in [5.74, 6) is 0.0926. The largest absolute Gasteiger partial charge is 0.653 e. The third-order valence-corrected chi connectivity index (χ3v) is 1.84. The van der Waals surface area contributed by atoms with Crippen LogP contribution in [0.4, 0.5) is 0 Å². The molecule has 0 atom stereocenters. The molecule has 6 heteroatoms. The van der Waals surface area contributed by atoms with E-state index in [0.717, 1.165) is 6.04 Å². The Kier molecular flexibility index (Phi) is 20.2. The Morgan fingerprint density at radius 1 is 1.53 bits per heavy atom. The van der Waals surface area contributed by atoms with E-state index in [0.29, 0.717) is 11.9 Å². The van der Waals surface area contributed by atoms with Gasteiger partial charge in [0.15, 0.2) is 0 Å². The third kappa shape index (κ3) is 14.5. The first-order valence-electron chi connectivity index (χ1n) is 4.12. The Morgan fingerprint density at radius 3 is 2.07 bits per heavy atom. The predicted molar refractivity (Wildman–Crippen MR) is 58.5 cm³/mol. The van der Waals surface area contributed by atoms with E-state index in [2.05, 4.69) is 20.7 Å². The molecular weight excluding hydrogens is 339 g/mol. The zero-order valence-corrected chi connectivity index (χ0v) is 14.0. The number of hydrogen-bond acceptors (Lipinski definition) is 3. The average molecular weight is 355 g/mol. The summed E-state index contributed by atoms with van der Waals surface area (Å²) in [6.07, 6.45) is 0. The summed E-state index contributed by atoms with van der Waals surface area (Å²) in [7, 11) is 1.76. The van der Waals surface area contributed by atoms with Crippen molar-refractivity contribution in [2.24, 2.45) is 0 Å². The van der Waals surface area contributed by atoms with Crippen molar-refractivity contribution in [2.75, 3.05) is 19.0 Å². The molecule has 0 aromatic carbocycles. The van der Waals surface area contributed by atoms with Crippen molar-refractivity contribution in [3.63, 3.8) is 0 Å². The zero-order chi connectivity index (χ0) is 11.6. The van der Waals surface area contributed by atoms with Crippen molar-refractivity contribution in [3.8, 4) is 0 Å². The first kappa shape index (κ1) is 20.9. The number of carbonyl (C=O) groups excluding carboxylic acids is 2. The summed E-state index contributed by atoms with van der Waals surface area (Å²) in [6, 6.07) is 1.01. The van der Waals surface area contributed by atoms with E-state index in [1.54, 1.807) is 18.9 Å². The van der Waals surface area contributed by atoms with E-state index >= 15 is 0 Å². The van der Waals surface area contributed by atoms with Gasteiger partial charge in [-0.25, -0.2) is 6.04 Å². The summed E-state index contributed by atoms with van der Waals surface area (Å²) in [4.78, 5) is 21.5. The van der Waals surface area contributed by atoms with Gasteiger partial charge >= 0.3 is 0 Å². The van der Waals surface area contributed by atoms with Crippen molar-refractivity contribution >= 4 is 28.3 Å². The Bertz CT molecular complexity index is 167. The second kappa shape index (κ2) is 14.5. The standard InChI is InChI=1S/C6H11BrNO.C3H5O2.Y/c1-5(2)8(3)6(9)4-7;1-2-5-3-4;/h4H2,1-3H3;2H2,1H3;/q2*-1;. The van der Waals surface area contributed by atoms with E-state index in [-0.39, 0.29) is 38.6 Å². The van der Waals surface area contributed by atoms with Crippen molar-refractivity contribution < 1.29 is 47.0 Å². The Hall–Kier alpha value is 0.524. The molecule has 0 N–H and O–H groups in total. The van der Waals surface area contributed by atoms with Gasteiger partial charge in [0.1, 0.15) is 0 Å². The van der Waals surface area contributed by atoms with E-state index < -0.39 is 0 Å². The molecule has 0 spiro atoms. The summed E-state index contributed by atoms with van der Waals surface area (Å²) in [5.41, 5.74) is 0. The second-order valence-corrected chi connectivity index (χ2v) is 3.11. The number of alkyl halides is 1. The fourth-order valence-electron chi connectivity index (χ4n) is 0.398. The minimum atomic E-state index is 0. The Labute approximate surface area is 125 Å². The van der Waals surface area contributed by atoms with Crippen LogP contribution in [-0.4, -0.2) is 36.3 Å². The molecule has 0 aliphatic heterocycles. The van der Waals surface area contributed by atoms with Gasteiger partial charge in [-0.2, -0.15) is 13.8 Å². The molecule has 87 valence electrons. The van der Waals surface area contributed by atoms with Crippen LogP contribution in [0, 0.1) is 6.04 Å². The van der Waals surface area contributed by atoms with Crippen LogP contribution in [0.25, 0.3) is 0 Å². The van der Waals surface area contributed by atoms with Gasteiger partial charge in [0, 0.05) is 39.3 Å². The Balaban J connectivity index is -0.000000208. The molecule has 0 rings (SSSR count). The molecule has 0 fully saturated rings. The van der Waals surface area contributed by atoms with Crippen LogP contribution >= 0.6 is 15.9 Å².